The number of aromatic carboxylic acids is 2. The summed E-state index contributed by atoms with van der Waals surface area (Å²) in [5.41, 5.74) is 4.21. The van der Waals surface area contributed by atoms with Gasteiger partial charge in [0.15, 0.2) is 37.9 Å². The van der Waals surface area contributed by atoms with Gasteiger partial charge in [0.1, 0.15) is 0 Å². The van der Waals surface area contributed by atoms with Crippen LogP contribution >= 0.6 is 0 Å². The molecule has 2 aromatic carbocycles. The lowest BCUT2D eigenvalue weighted by atomic mass is 10.1. The smallest absolute Gasteiger partial charge is 0.173 e. The van der Waals surface area contributed by atoms with Gasteiger partial charge >= 0.3 is 0 Å². The van der Waals surface area contributed by atoms with E-state index < -0.39 is 11.9 Å². The fraction of sp³-hybridized carbons (Fsp3) is 0.0769. The predicted octanol–water partition coefficient (Wildman–Crippen LogP) is 0.752. The van der Waals surface area contributed by atoms with E-state index >= 15 is 0 Å². The summed E-state index contributed by atoms with van der Waals surface area (Å²) in [6.07, 6.45) is 7.81. The van der Waals surface area contributed by atoms with Crippen molar-refractivity contribution in [1.29, 1.82) is 0 Å². The van der Waals surface area contributed by atoms with Gasteiger partial charge in [-0.15, -0.1) is 0 Å². The molecule has 0 unspecified atom stereocenters. The summed E-state index contributed by atoms with van der Waals surface area (Å²) in [4.78, 5) is 22.1. The molecule has 0 amide bonds. The van der Waals surface area contributed by atoms with Crippen molar-refractivity contribution in [3.63, 3.8) is 0 Å². The third-order valence-corrected chi connectivity index (χ3v) is 5.17. The van der Waals surface area contributed by atoms with Crippen molar-refractivity contribution in [2.45, 2.75) is 13.1 Å². The van der Waals surface area contributed by atoms with Crippen LogP contribution in [-0.4, -0.2) is 11.9 Å². The molecule has 0 saturated carbocycles. The lowest BCUT2D eigenvalue weighted by molar-refractivity contribution is -0.688. The zero-order valence-corrected chi connectivity index (χ0v) is 17.2. The van der Waals surface area contributed by atoms with Gasteiger partial charge in [0.05, 0.1) is 11.9 Å². The van der Waals surface area contributed by atoms with E-state index in [0.717, 1.165) is 22.3 Å². The molecule has 32 heavy (non-hydrogen) atoms. The number of nitrogens with zero attached hydrogens (tertiary/aromatic N) is 2. The fourth-order valence-electron chi connectivity index (χ4n) is 3.53. The lowest BCUT2D eigenvalue weighted by Gasteiger charge is -2.05. The molecule has 0 N–H and O–H groups in total. The molecule has 0 bridgehead atoms. The minimum absolute atomic E-state index is 0.170. The SMILES string of the molecule is O=C([O-])c1cccc(C[n+]2ccc(-c3cc[n+](Cc4cccc(C(=O)[O-])c4)cc3)cc2)c1. The first-order valence-electron chi connectivity index (χ1n) is 10.1. The van der Waals surface area contributed by atoms with Gasteiger partial charge in [-0.1, -0.05) is 36.4 Å². The summed E-state index contributed by atoms with van der Waals surface area (Å²) in [6, 6.07) is 21.5. The van der Waals surface area contributed by atoms with E-state index in [1.807, 2.05) is 70.3 Å². The number of rotatable bonds is 7. The van der Waals surface area contributed by atoms with Gasteiger partial charge in [-0.25, -0.2) is 9.13 Å². The maximum absolute atomic E-state index is 11.0. The number of hydrogen-bond acceptors (Lipinski definition) is 4. The van der Waals surface area contributed by atoms with Crippen molar-refractivity contribution >= 4 is 11.9 Å². The molecule has 0 radical (unpaired) electrons. The number of carbonyl (C=O) groups is 2. The van der Waals surface area contributed by atoms with Crippen molar-refractivity contribution in [3.05, 3.63) is 120 Å². The molecule has 4 aromatic rings. The molecule has 0 fully saturated rings. The van der Waals surface area contributed by atoms with Crippen molar-refractivity contribution in [2.75, 3.05) is 0 Å². The van der Waals surface area contributed by atoms with Crippen molar-refractivity contribution in [2.24, 2.45) is 0 Å². The Morgan fingerprint density at radius 1 is 0.594 bits per heavy atom. The quantitative estimate of drug-likeness (QED) is 0.410. The molecule has 0 spiro atoms. The molecule has 2 aromatic heterocycles. The molecule has 0 saturated heterocycles. The standard InChI is InChI=1S/C26H20N2O4/c29-25(30)23-5-1-3-19(15-23)17-27-11-7-21(8-12-27)22-9-13-28(14-10-22)18-20-4-2-6-24(16-20)26(31)32/h1-16H,17-18H2. The average Bonchev–Trinajstić information content (AvgIpc) is 2.80. The normalized spacial score (nSPS) is 10.6. The third kappa shape index (κ3) is 5.05. The maximum atomic E-state index is 11.0. The minimum Gasteiger partial charge on any atom is -0.545 e. The molecule has 158 valence electrons. The van der Waals surface area contributed by atoms with Crippen LogP contribution < -0.4 is 19.3 Å². The second-order valence-electron chi connectivity index (χ2n) is 7.49. The largest absolute Gasteiger partial charge is 0.545 e. The molecule has 6 heteroatoms. The highest BCUT2D eigenvalue weighted by Crippen LogP contribution is 2.16. The molecule has 0 aliphatic carbocycles. The highest BCUT2D eigenvalue weighted by atomic mass is 16.4. The Bertz CT molecular complexity index is 1160. The van der Waals surface area contributed by atoms with Gasteiger partial charge in [0.2, 0.25) is 0 Å². The Kier molecular flexibility index (Phi) is 6.03. The number of aromatic nitrogens is 2. The van der Waals surface area contributed by atoms with Crippen LogP contribution in [0.5, 0.6) is 0 Å². The van der Waals surface area contributed by atoms with Crippen LogP contribution in [0.3, 0.4) is 0 Å². The molecule has 0 aliphatic rings. The Morgan fingerprint density at radius 3 is 1.31 bits per heavy atom. The van der Waals surface area contributed by atoms with Crippen molar-refractivity contribution in [1.82, 2.24) is 0 Å². The third-order valence-electron chi connectivity index (χ3n) is 5.17. The van der Waals surface area contributed by atoms with Crippen LogP contribution in [-0.2, 0) is 13.1 Å². The first-order chi connectivity index (χ1) is 15.5. The van der Waals surface area contributed by atoms with E-state index in [1.165, 1.54) is 12.1 Å². The average molecular weight is 424 g/mol. The Balaban J connectivity index is 1.44. The van der Waals surface area contributed by atoms with Gasteiger partial charge in [-0.05, 0) is 34.4 Å². The maximum Gasteiger partial charge on any atom is 0.173 e. The minimum atomic E-state index is -1.18. The predicted molar refractivity (Wildman–Crippen MR) is 112 cm³/mol. The number of carboxylic acids is 2. The summed E-state index contributed by atoms with van der Waals surface area (Å²) >= 11 is 0. The number of pyridine rings is 2. The van der Waals surface area contributed by atoms with Crippen LogP contribution in [0.2, 0.25) is 0 Å². The summed E-state index contributed by atoms with van der Waals surface area (Å²) < 4.78 is 3.95. The van der Waals surface area contributed by atoms with Crippen molar-refractivity contribution < 1.29 is 28.9 Å². The topological polar surface area (TPSA) is 88.0 Å². The first kappa shape index (κ1) is 20.9. The highest BCUT2D eigenvalue weighted by molar-refractivity contribution is 5.86. The summed E-state index contributed by atoms with van der Waals surface area (Å²) in [5.74, 6) is -2.36. The number of carbonyl (C=O) groups excluding carboxylic acids is 2. The number of hydrogen-bond donors (Lipinski definition) is 0. The fourth-order valence-corrected chi connectivity index (χ4v) is 3.53. The highest BCUT2D eigenvalue weighted by Gasteiger charge is 2.08. The van der Waals surface area contributed by atoms with Gasteiger partial charge < -0.3 is 19.8 Å². The van der Waals surface area contributed by atoms with E-state index in [2.05, 4.69) is 0 Å². The second-order valence-corrected chi connectivity index (χ2v) is 7.49. The Labute approximate surface area is 185 Å². The summed E-state index contributed by atoms with van der Waals surface area (Å²) in [7, 11) is 0. The monoisotopic (exact) mass is 424 g/mol. The summed E-state index contributed by atoms with van der Waals surface area (Å²) in [5, 5.41) is 22.1. The second kappa shape index (κ2) is 9.22. The number of benzene rings is 2. The first-order valence-corrected chi connectivity index (χ1v) is 10.1. The van der Waals surface area contributed by atoms with E-state index in [4.69, 9.17) is 0 Å². The molecule has 2 heterocycles. The summed E-state index contributed by atoms with van der Waals surface area (Å²) in [6.45, 7) is 1.11. The van der Waals surface area contributed by atoms with E-state index in [-0.39, 0.29) is 11.1 Å². The lowest BCUT2D eigenvalue weighted by Crippen LogP contribution is -2.34. The zero-order valence-electron chi connectivity index (χ0n) is 17.2. The van der Waals surface area contributed by atoms with Gasteiger partial charge in [-0.2, -0.15) is 0 Å². The molecular weight excluding hydrogens is 404 g/mol. The molecule has 0 atom stereocenters. The molecule has 4 rings (SSSR count). The van der Waals surface area contributed by atoms with Gasteiger partial charge in [-0.3, -0.25) is 0 Å². The molecular formula is C26H20N2O4. The van der Waals surface area contributed by atoms with Gasteiger partial charge in [0, 0.05) is 35.4 Å². The Hall–Kier alpha value is -4.32. The van der Waals surface area contributed by atoms with Crippen LogP contribution in [0.1, 0.15) is 31.8 Å². The van der Waals surface area contributed by atoms with Crippen LogP contribution in [0, 0.1) is 0 Å². The zero-order chi connectivity index (χ0) is 22.5. The van der Waals surface area contributed by atoms with E-state index in [0.29, 0.717) is 13.1 Å². The van der Waals surface area contributed by atoms with Crippen LogP contribution in [0.4, 0.5) is 0 Å². The Morgan fingerprint density at radius 2 is 0.969 bits per heavy atom. The van der Waals surface area contributed by atoms with E-state index in [1.54, 1.807) is 24.3 Å². The molecule has 0 aliphatic heterocycles. The number of carboxylic acid groups (broad SMARTS) is 2. The molecule has 6 nitrogen and oxygen atoms in total. The van der Waals surface area contributed by atoms with Crippen molar-refractivity contribution in [3.8, 4) is 11.1 Å². The van der Waals surface area contributed by atoms with E-state index in [9.17, 15) is 19.8 Å². The van der Waals surface area contributed by atoms with Crippen LogP contribution in [0.25, 0.3) is 11.1 Å². The van der Waals surface area contributed by atoms with Gasteiger partial charge in [0.25, 0.3) is 0 Å². The van der Waals surface area contributed by atoms with Crippen LogP contribution in [0.15, 0.2) is 97.6 Å².